The van der Waals surface area contributed by atoms with Gasteiger partial charge >= 0.3 is 5.97 Å². The summed E-state index contributed by atoms with van der Waals surface area (Å²) in [5.41, 5.74) is 4.22. The van der Waals surface area contributed by atoms with Crippen molar-refractivity contribution >= 4 is 21.9 Å². The summed E-state index contributed by atoms with van der Waals surface area (Å²) < 4.78 is 39.4. The summed E-state index contributed by atoms with van der Waals surface area (Å²) in [7, 11) is 0. The molecule has 0 bridgehead atoms. The molecule has 1 aromatic carbocycles. The van der Waals surface area contributed by atoms with Crippen LogP contribution in [0.2, 0.25) is 0 Å². The number of carbonyl (C=O) groups is 1. The zero-order valence-corrected chi connectivity index (χ0v) is 9.39. The molecular weight excluding hydrogens is 291 g/mol. The first-order valence-electron chi connectivity index (χ1n) is 4.15. The third-order valence-electron chi connectivity index (χ3n) is 2.03. The lowest BCUT2D eigenvalue weighted by molar-refractivity contribution is -0.138. The maximum atomic E-state index is 13.5. The summed E-state index contributed by atoms with van der Waals surface area (Å²) >= 11 is 2.66. The van der Waals surface area contributed by atoms with E-state index in [1.807, 2.05) is 0 Å². The van der Waals surface area contributed by atoms with Crippen LogP contribution >= 0.6 is 15.9 Å². The average Bonchev–Trinajstić information content (AvgIpc) is 2.21. The van der Waals surface area contributed by atoms with Crippen molar-refractivity contribution in [2.45, 2.75) is 5.92 Å². The van der Waals surface area contributed by atoms with Crippen LogP contribution in [0.15, 0.2) is 10.5 Å². The van der Waals surface area contributed by atoms with Crippen molar-refractivity contribution in [1.29, 1.82) is 0 Å². The Morgan fingerprint density at radius 1 is 1.44 bits per heavy atom. The van der Waals surface area contributed by atoms with E-state index < -0.39 is 41.4 Å². The lowest BCUT2D eigenvalue weighted by atomic mass is 9.98. The molecule has 0 radical (unpaired) electrons. The lowest BCUT2D eigenvalue weighted by Gasteiger charge is -2.13. The van der Waals surface area contributed by atoms with Gasteiger partial charge in [0.05, 0.1) is 10.4 Å². The molecule has 0 saturated carbocycles. The van der Waals surface area contributed by atoms with Gasteiger partial charge in [0.15, 0.2) is 11.6 Å². The molecule has 0 heterocycles. The monoisotopic (exact) mass is 297 g/mol. The number of carboxylic acid groups (broad SMARTS) is 1. The fraction of sp³-hybridized carbons (Fsp3) is 0.222. The Morgan fingerprint density at radius 2 is 2.00 bits per heavy atom. The highest BCUT2D eigenvalue weighted by Crippen LogP contribution is 2.29. The number of nitrogens with two attached hydrogens (primary N) is 1. The van der Waals surface area contributed by atoms with E-state index in [0.717, 1.165) is 0 Å². The van der Waals surface area contributed by atoms with Crippen LogP contribution in [0.25, 0.3) is 0 Å². The maximum Gasteiger partial charge on any atom is 0.312 e. The van der Waals surface area contributed by atoms with Gasteiger partial charge in [-0.3, -0.25) is 4.79 Å². The number of benzene rings is 1. The van der Waals surface area contributed by atoms with Crippen molar-refractivity contribution < 1.29 is 23.1 Å². The summed E-state index contributed by atoms with van der Waals surface area (Å²) in [5.74, 6) is -7.15. The first-order chi connectivity index (χ1) is 7.40. The van der Waals surface area contributed by atoms with E-state index in [-0.39, 0.29) is 4.47 Å². The molecule has 0 aliphatic carbocycles. The highest BCUT2D eigenvalue weighted by atomic mass is 79.9. The minimum absolute atomic E-state index is 0.346. The van der Waals surface area contributed by atoms with Crippen molar-refractivity contribution in [2.24, 2.45) is 5.73 Å². The van der Waals surface area contributed by atoms with Crippen LogP contribution in [-0.4, -0.2) is 17.6 Å². The van der Waals surface area contributed by atoms with Gasteiger partial charge in [-0.1, -0.05) is 0 Å². The second kappa shape index (κ2) is 4.84. The molecular formula is C9H7BrF3NO2. The van der Waals surface area contributed by atoms with Crippen molar-refractivity contribution in [3.05, 3.63) is 33.6 Å². The molecule has 3 nitrogen and oxygen atoms in total. The van der Waals surface area contributed by atoms with Crippen LogP contribution < -0.4 is 5.73 Å². The second-order valence-corrected chi connectivity index (χ2v) is 3.86. The number of hydrogen-bond donors (Lipinski definition) is 2. The van der Waals surface area contributed by atoms with Crippen molar-refractivity contribution in [3.8, 4) is 0 Å². The Labute approximate surface area is 97.2 Å². The summed E-state index contributed by atoms with van der Waals surface area (Å²) in [6.45, 7) is -0.529. The predicted molar refractivity (Wildman–Crippen MR) is 53.4 cm³/mol. The second-order valence-electron chi connectivity index (χ2n) is 3.01. The number of carboxylic acids is 1. The van der Waals surface area contributed by atoms with Crippen LogP contribution in [0.4, 0.5) is 13.2 Å². The van der Waals surface area contributed by atoms with Gasteiger partial charge in [-0.25, -0.2) is 13.2 Å². The van der Waals surface area contributed by atoms with Gasteiger partial charge in [-0.15, -0.1) is 0 Å². The molecule has 1 atom stereocenters. The van der Waals surface area contributed by atoms with E-state index in [4.69, 9.17) is 10.8 Å². The summed E-state index contributed by atoms with van der Waals surface area (Å²) in [6, 6.07) is 0.587. The zero-order valence-electron chi connectivity index (χ0n) is 7.81. The number of rotatable bonds is 3. The molecule has 1 aromatic rings. The summed E-state index contributed by atoms with van der Waals surface area (Å²) in [6.07, 6.45) is 0. The Balaban J connectivity index is 3.47. The van der Waals surface area contributed by atoms with Crippen molar-refractivity contribution in [1.82, 2.24) is 0 Å². The molecule has 0 amide bonds. The van der Waals surface area contributed by atoms with Gasteiger partial charge in [0.25, 0.3) is 0 Å². The van der Waals surface area contributed by atoms with Gasteiger partial charge < -0.3 is 10.8 Å². The minimum Gasteiger partial charge on any atom is -0.481 e. The van der Waals surface area contributed by atoms with Crippen LogP contribution in [0.1, 0.15) is 11.5 Å². The number of hydrogen-bond acceptors (Lipinski definition) is 2. The molecule has 3 N–H and O–H groups in total. The van der Waals surface area contributed by atoms with Gasteiger partial charge in [0, 0.05) is 12.1 Å². The van der Waals surface area contributed by atoms with E-state index >= 15 is 0 Å². The van der Waals surface area contributed by atoms with E-state index in [2.05, 4.69) is 15.9 Å². The average molecular weight is 298 g/mol. The summed E-state index contributed by atoms with van der Waals surface area (Å²) in [5, 5.41) is 8.71. The van der Waals surface area contributed by atoms with Crippen LogP contribution in [-0.2, 0) is 4.79 Å². The van der Waals surface area contributed by atoms with Gasteiger partial charge in [0.1, 0.15) is 5.82 Å². The standard InChI is InChI=1S/C9H7BrF3NO2/c10-4-1-5(11)8(13)6(7(4)12)3(2-14)9(15)16/h1,3H,2,14H2,(H,15,16). The smallest absolute Gasteiger partial charge is 0.312 e. The quantitative estimate of drug-likeness (QED) is 0.839. The lowest BCUT2D eigenvalue weighted by Crippen LogP contribution is -2.24. The molecule has 0 aromatic heterocycles. The van der Waals surface area contributed by atoms with E-state index in [0.29, 0.717) is 6.07 Å². The zero-order chi connectivity index (χ0) is 12.5. The molecule has 0 spiro atoms. The molecule has 1 unspecified atom stereocenters. The highest BCUT2D eigenvalue weighted by molar-refractivity contribution is 9.10. The van der Waals surface area contributed by atoms with Crippen LogP contribution in [0.5, 0.6) is 0 Å². The largest absolute Gasteiger partial charge is 0.481 e. The normalized spacial score (nSPS) is 12.6. The molecule has 88 valence electrons. The summed E-state index contributed by atoms with van der Waals surface area (Å²) in [4.78, 5) is 10.7. The van der Waals surface area contributed by atoms with Crippen LogP contribution in [0.3, 0.4) is 0 Å². The number of aliphatic carboxylic acids is 1. The fourth-order valence-electron chi connectivity index (χ4n) is 1.24. The van der Waals surface area contributed by atoms with Crippen molar-refractivity contribution in [2.75, 3.05) is 6.54 Å². The molecule has 1 rings (SSSR count). The van der Waals surface area contributed by atoms with Gasteiger partial charge in [-0.2, -0.15) is 0 Å². The van der Waals surface area contributed by atoms with Crippen LogP contribution in [0, 0.1) is 17.5 Å². The molecule has 0 fully saturated rings. The Kier molecular flexibility index (Phi) is 3.93. The van der Waals surface area contributed by atoms with E-state index in [9.17, 15) is 18.0 Å². The predicted octanol–water partition coefficient (Wildman–Crippen LogP) is 1.99. The Hall–Kier alpha value is -1.08. The Morgan fingerprint density at radius 3 is 2.44 bits per heavy atom. The molecule has 7 heteroatoms. The van der Waals surface area contributed by atoms with Gasteiger partial charge in [0.2, 0.25) is 0 Å². The highest BCUT2D eigenvalue weighted by Gasteiger charge is 2.29. The van der Waals surface area contributed by atoms with E-state index in [1.54, 1.807) is 0 Å². The third kappa shape index (κ3) is 2.19. The molecule has 16 heavy (non-hydrogen) atoms. The SMILES string of the molecule is NCC(C(=O)O)c1c(F)c(F)cc(Br)c1F. The maximum absolute atomic E-state index is 13.5. The number of halogens is 4. The first-order valence-corrected chi connectivity index (χ1v) is 4.95. The topological polar surface area (TPSA) is 63.3 Å². The fourth-order valence-corrected chi connectivity index (χ4v) is 1.65. The third-order valence-corrected chi connectivity index (χ3v) is 2.61. The van der Waals surface area contributed by atoms with E-state index in [1.165, 1.54) is 0 Å². The molecule has 0 saturated heterocycles. The molecule has 0 aliphatic rings. The van der Waals surface area contributed by atoms with Crippen molar-refractivity contribution in [3.63, 3.8) is 0 Å². The van der Waals surface area contributed by atoms with Gasteiger partial charge in [-0.05, 0) is 22.0 Å². The Bertz CT molecular complexity index is 413. The minimum atomic E-state index is -1.62. The first kappa shape index (κ1) is 13.0. The molecule has 0 aliphatic heterocycles.